The second-order valence-corrected chi connectivity index (χ2v) is 4.10. The fraction of sp³-hybridized carbons (Fsp3) is 0.750. The summed E-state index contributed by atoms with van der Waals surface area (Å²) in [4.78, 5) is 11.2. The van der Waals surface area contributed by atoms with Gasteiger partial charge < -0.3 is 14.2 Å². The molecule has 0 N–H and O–H groups in total. The van der Waals surface area contributed by atoms with Gasteiger partial charge in [0.05, 0.1) is 12.7 Å². The molecule has 0 radical (unpaired) electrons. The fourth-order valence-corrected chi connectivity index (χ4v) is 1.68. The van der Waals surface area contributed by atoms with E-state index in [4.69, 9.17) is 20.6 Å². The van der Waals surface area contributed by atoms with Crippen molar-refractivity contribution in [1.29, 1.82) is 0 Å². The zero-order valence-electron chi connectivity index (χ0n) is 9.99. The molecule has 0 aromatic heterocycles. The summed E-state index contributed by atoms with van der Waals surface area (Å²) in [6.45, 7) is 5.79. The van der Waals surface area contributed by atoms with Gasteiger partial charge in [0.2, 0.25) is 0 Å². The molecule has 1 heterocycles. The van der Waals surface area contributed by atoms with E-state index in [1.165, 1.54) is 0 Å². The van der Waals surface area contributed by atoms with Crippen molar-refractivity contribution in [3.8, 4) is 12.3 Å². The maximum Gasteiger partial charge on any atom is 0.305 e. The van der Waals surface area contributed by atoms with Gasteiger partial charge in [-0.3, -0.25) is 4.79 Å². The minimum absolute atomic E-state index is 0.230. The van der Waals surface area contributed by atoms with Gasteiger partial charge in [-0.2, -0.15) is 0 Å². The average Bonchev–Trinajstić information content (AvgIpc) is 2.51. The molecular weight excluding hydrogens is 208 g/mol. The minimum atomic E-state index is -0.670. The Bertz CT molecular complexity index is 290. The Kier molecular flexibility index (Phi) is 4.34. The molecule has 1 fully saturated rings. The van der Waals surface area contributed by atoms with E-state index >= 15 is 0 Å². The van der Waals surface area contributed by atoms with E-state index in [9.17, 15) is 4.79 Å². The molecule has 0 aromatic rings. The first-order valence-electron chi connectivity index (χ1n) is 5.46. The molecule has 0 aliphatic carbocycles. The van der Waals surface area contributed by atoms with E-state index in [2.05, 4.69) is 5.92 Å². The van der Waals surface area contributed by atoms with Crippen LogP contribution in [0.1, 0.15) is 33.6 Å². The molecule has 2 atom stereocenters. The molecule has 90 valence electrons. The Morgan fingerprint density at radius 2 is 2.19 bits per heavy atom. The highest BCUT2D eigenvalue weighted by Gasteiger charge is 2.40. The van der Waals surface area contributed by atoms with Crippen molar-refractivity contribution in [3.63, 3.8) is 0 Å². The van der Waals surface area contributed by atoms with Gasteiger partial charge in [0.1, 0.15) is 6.10 Å². The third kappa shape index (κ3) is 3.51. The Morgan fingerprint density at radius 3 is 2.75 bits per heavy atom. The van der Waals surface area contributed by atoms with E-state index < -0.39 is 5.79 Å². The lowest BCUT2D eigenvalue weighted by Gasteiger charge is -2.16. The van der Waals surface area contributed by atoms with Crippen LogP contribution in [-0.4, -0.2) is 30.6 Å². The van der Waals surface area contributed by atoms with Crippen molar-refractivity contribution in [2.75, 3.05) is 6.61 Å². The van der Waals surface area contributed by atoms with Crippen LogP contribution in [0, 0.1) is 12.3 Å². The molecule has 4 heteroatoms. The Hall–Kier alpha value is -1.05. The summed E-state index contributed by atoms with van der Waals surface area (Å²) in [7, 11) is 0. The molecular formula is C12H18O4. The van der Waals surface area contributed by atoms with Gasteiger partial charge >= 0.3 is 5.97 Å². The number of ether oxygens (including phenoxy) is 3. The number of hydrogen-bond donors (Lipinski definition) is 0. The molecule has 1 aliphatic heterocycles. The Morgan fingerprint density at radius 1 is 1.50 bits per heavy atom. The van der Waals surface area contributed by atoms with Crippen molar-refractivity contribution in [2.24, 2.45) is 0 Å². The fourth-order valence-electron chi connectivity index (χ4n) is 1.68. The number of hydrogen-bond acceptors (Lipinski definition) is 4. The molecule has 0 bridgehead atoms. The first-order valence-corrected chi connectivity index (χ1v) is 5.46. The van der Waals surface area contributed by atoms with Crippen molar-refractivity contribution < 1.29 is 19.0 Å². The highest BCUT2D eigenvalue weighted by molar-refractivity contribution is 5.69. The van der Waals surface area contributed by atoms with Crippen LogP contribution >= 0.6 is 0 Å². The number of esters is 1. The zero-order valence-corrected chi connectivity index (χ0v) is 9.99. The molecule has 16 heavy (non-hydrogen) atoms. The predicted molar refractivity (Wildman–Crippen MR) is 58.5 cm³/mol. The normalized spacial score (nSPS) is 27.4. The van der Waals surface area contributed by atoms with Crippen molar-refractivity contribution >= 4 is 5.97 Å². The van der Waals surface area contributed by atoms with E-state index in [0.29, 0.717) is 19.4 Å². The van der Waals surface area contributed by atoms with Crippen LogP contribution in [0.15, 0.2) is 0 Å². The molecule has 1 rings (SSSR count). The number of rotatable bonds is 4. The van der Waals surface area contributed by atoms with Crippen LogP contribution in [0.25, 0.3) is 0 Å². The Balaban J connectivity index is 2.42. The largest absolute Gasteiger partial charge is 0.466 e. The van der Waals surface area contributed by atoms with Crippen molar-refractivity contribution in [1.82, 2.24) is 0 Å². The quantitative estimate of drug-likeness (QED) is 0.538. The van der Waals surface area contributed by atoms with Crippen LogP contribution in [-0.2, 0) is 19.0 Å². The van der Waals surface area contributed by atoms with Crippen LogP contribution in [0.4, 0.5) is 0 Å². The van der Waals surface area contributed by atoms with E-state index in [1.807, 2.05) is 13.8 Å². The maximum absolute atomic E-state index is 11.2. The van der Waals surface area contributed by atoms with Crippen LogP contribution in [0.5, 0.6) is 0 Å². The Labute approximate surface area is 96.2 Å². The molecule has 4 nitrogen and oxygen atoms in total. The lowest BCUT2D eigenvalue weighted by Crippen LogP contribution is -2.22. The molecule has 0 unspecified atom stereocenters. The minimum Gasteiger partial charge on any atom is -0.466 e. The van der Waals surface area contributed by atoms with Gasteiger partial charge in [0.25, 0.3) is 0 Å². The van der Waals surface area contributed by atoms with Crippen molar-refractivity contribution in [3.05, 3.63) is 0 Å². The summed E-state index contributed by atoms with van der Waals surface area (Å²) in [5, 5.41) is 0. The number of carbonyl (C=O) groups excluding carboxylic acids is 1. The van der Waals surface area contributed by atoms with Crippen molar-refractivity contribution in [2.45, 2.75) is 51.6 Å². The van der Waals surface area contributed by atoms with Crippen LogP contribution < -0.4 is 0 Å². The molecule has 0 amide bonds. The van der Waals surface area contributed by atoms with Gasteiger partial charge in [-0.25, -0.2) is 0 Å². The predicted octanol–water partition coefficient (Wildman–Crippen LogP) is 1.48. The van der Waals surface area contributed by atoms with Crippen LogP contribution in [0.3, 0.4) is 0 Å². The van der Waals surface area contributed by atoms with E-state index in [1.54, 1.807) is 6.92 Å². The summed E-state index contributed by atoms with van der Waals surface area (Å²) in [5.41, 5.74) is 0. The number of carbonyl (C=O) groups is 1. The zero-order chi connectivity index (χ0) is 12.2. The lowest BCUT2D eigenvalue weighted by molar-refractivity contribution is -0.149. The average molecular weight is 226 g/mol. The summed E-state index contributed by atoms with van der Waals surface area (Å²) in [6, 6.07) is 0. The third-order valence-corrected chi connectivity index (χ3v) is 2.29. The van der Waals surface area contributed by atoms with Gasteiger partial charge in [-0.15, -0.1) is 6.42 Å². The second kappa shape index (κ2) is 5.33. The van der Waals surface area contributed by atoms with Gasteiger partial charge in [0, 0.05) is 6.42 Å². The molecule has 0 spiro atoms. The molecule has 1 saturated heterocycles. The number of terminal acetylenes is 1. The van der Waals surface area contributed by atoms with Gasteiger partial charge in [0.15, 0.2) is 5.79 Å². The topological polar surface area (TPSA) is 44.8 Å². The highest BCUT2D eigenvalue weighted by Crippen LogP contribution is 2.30. The van der Waals surface area contributed by atoms with Gasteiger partial charge in [-0.05, 0) is 27.2 Å². The van der Waals surface area contributed by atoms with E-state index in [0.717, 1.165) is 0 Å². The third-order valence-electron chi connectivity index (χ3n) is 2.29. The summed E-state index contributed by atoms with van der Waals surface area (Å²) in [6.07, 6.45) is 5.55. The smallest absolute Gasteiger partial charge is 0.305 e. The summed E-state index contributed by atoms with van der Waals surface area (Å²) >= 11 is 0. The van der Waals surface area contributed by atoms with Gasteiger partial charge in [-0.1, -0.05) is 5.92 Å². The maximum atomic E-state index is 11.2. The molecule has 0 aromatic carbocycles. The summed E-state index contributed by atoms with van der Waals surface area (Å²) < 4.78 is 15.9. The highest BCUT2D eigenvalue weighted by atomic mass is 16.7. The summed E-state index contributed by atoms with van der Waals surface area (Å²) in [5.74, 6) is 1.63. The lowest BCUT2D eigenvalue weighted by atomic mass is 10.1. The van der Waals surface area contributed by atoms with Crippen LogP contribution in [0.2, 0.25) is 0 Å². The first-order chi connectivity index (χ1) is 7.48. The second-order valence-electron chi connectivity index (χ2n) is 4.10. The van der Waals surface area contributed by atoms with E-state index in [-0.39, 0.29) is 18.2 Å². The molecule has 0 saturated carbocycles. The first kappa shape index (κ1) is 13.0. The molecule has 1 aliphatic rings. The SMILES string of the molecule is C#C[C@@H]1OC(C)(C)O[C@H]1CCC(=O)OCC. The monoisotopic (exact) mass is 226 g/mol. The standard InChI is InChI=1S/C12H18O4/c1-5-9-10(16-12(3,4)15-9)7-8-11(13)14-6-2/h1,9-10H,6-8H2,2-4H3/t9-,10-/m0/s1.